The second kappa shape index (κ2) is 6.89. The van der Waals surface area contributed by atoms with Crippen molar-refractivity contribution in [3.05, 3.63) is 46.8 Å². The molecule has 0 saturated carbocycles. The Morgan fingerprint density at radius 1 is 1.27 bits per heavy atom. The minimum absolute atomic E-state index is 0.0680. The van der Waals surface area contributed by atoms with E-state index in [0.717, 1.165) is 26.2 Å². The first-order valence-electron chi connectivity index (χ1n) is 7.47. The first-order chi connectivity index (χ1) is 10.7. The van der Waals surface area contributed by atoms with Crippen LogP contribution >= 0.6 is 11.3 Å². The quantitative estimate of drug-likeness (QED) is 0.947. The summed E-state index contributed by atoms with van der Waals surface area (Å²) in [6.45, 7) is 5.51. The molecule has 2 aromatic rings. The van der Waals surface area contributed by atoms with E-state index < -0.39 is 0 Å². The maximum atomic E-state index is 12.2. The molecule has 2 amide bonds. The van der Waals surface area contributed by atoms with Gasteiger partial charge in [-0.1, -0.05) is 6.07 Å². The molecule has 1 fully saturated rings. The number of urea groups is 1. The number of aromatic nitrogens is 1. The van der Waals surface area contributed by atoms with E-state index in [1.54, 1.807) is 23.6 Å². The summed E-state index contributed by atoms with van der Waals surface area (Å²) in [7, 11) is 0. The summed E-state index contributed by atoms with van der Waals surface area (Å²) < 4.78 is 0. The van der Waals surface area contributed by atoms with Crippen molar-refractivity contribution in [2.75, 3.05) is 31.5 Å². The van der Waals surface area contributed by atoms with Gasteiger partial charge in [0.2, 0.25) is 0 Å². The highest BCUT2D eigenvalue weighted by Crippen LogP contribution is 2.23. The van der Waals surface area contributed by atoms with Gasteiger partial charge in [-0.15, -0.1) is 0 Å². The lowest BCUT2D eigenvalue weighted by Crippen LogP contribution is -2.50. The first-order valence-corrected chi connectivity index (χ1v) is 8.41. The predicted molar refractivity (Wildman–Crippen MR) is 89.1 cm³/mol. The number of piperazine rings is 1. The summed E-state index contributed by atoms with van der Waals surface area (Å²) in [5.41, 5.74) is 1.36. The topological polar surface area (TPSA) is 48.5 Å². The number of nitrogens with one attached hydrogen (secondary N) is 1. The van der Waals surface area contributed by atoms with Crippen molar-refractivity contribution in [3.8, 4) is 0 Å². The molecule has 1 atom stereocenters. The van der Waals surface area contributed by atoms with Crippen LogP contribution in [0.2, 0.25) is 0 Å². The number of nitrogens with zero attached hydrogens (tertiary/aromatic N) is 3. The van der Waals surface area contributed by atoms with Gasteiger partial charge in [0.1, 0.15) is 5.82 Å². The van der Waals surface area contributed by atoms with E-state index in [9.17, 15) is 4.79 Å². The van der Waals surface area contributed by atoms with Crippen molar-refractivity contribution in [1.29, 1.82) is 0 Å². The predicted octanol–water partition coefficient (Wildman–Crippen LogP) is 3.05. The summed E-state index contributed by atoms with van der Waals surface area (Å²) in [5, 5.41) is 7.15. The molecule has 0 unspecified atom stereocenters. The summed E-state index contributed by atoms with van der Waals surface area (Å²) in [6, 6.07) is 8.01. The lowest BCUT2D eigenvalue weighted by atomic mass is 10.1. The minimum atomic E-state index is -0.0680. The molecule has 1 saturated heterocycles. The zero-order chi connectivity index (χ0) is 15.4. The number of amides is 2. The molecule has 0 bridgehead atoms. The fraction of sp³-hybridized carbons (Fsp3) is 0.375. The van der Waals surface area contributed by atoms with Crippen molar-refractivity contribution in [3.63, 3.8) is 0 Å². The average molecular weight is 316 g/mol. The van der Waals surface area contributed by atoms with Gasteiger partial charge in [0.05, 0.1) is 0 Å². The number of carbonyl (C=O) groups is 1. The molecular formula is C16H20N4OS. The van der Waals surface area contributed by atoms with Crippen LogP contribution in [0, 0.1) is 0 Å². The number of hydrogen-bond acceptors (Lipinski definition) is 4. The number of rotatable bonds is 3. The Morgan fingerprint density at radius 3 is 2.73 bits per heavy atom. The molecule has 0 aliphatic carbocycles. The minimum Gasteiger partial charge on any atom is -0.322 e. The maximum Gasteiger partial charge on any atom is 0.323 e. The van der Waals surface area contributed by atoms with E-state index in [-0.39, 0.29) is 6.03 Å². The number of carbonyl (C=O) groups excluding carboxylic acids is 1. The fourth-order valence-electron chi connectivity index (χ4n) is 2.66. The third-order valence-corrected chi connectivity index (χ3v) is 4.78. The van der Waals surface area contributed by atoms with Gasteiger partial charge in [-0.3, -0.25) is 10.2 Å². The van der Waals surface area contributed by atoms with E-state index in [4.69, 9.17) is 0 Å². The van der Waals surface area contributed by atoms with Crippen molar-refractivity contribution in [2.45, 2.75) is 13.0 Å². The molecule has 0 radical (unpaired) electrons. The summed E-state index contributed by atoms with van der Waals surface area (Å²) in [5.74, 6) is 0.599. The molecule has 22 heavy (non-hydrogen) atoms. The zero-order valence-electron chi connectivity index (χ0n) is 12.6. The Morgan fingerprint density at radius 2 is 2.09 bits per heavy atom. The Balaban J connectivity index is 1.52. The maximum absolute atomic E-state index is 12.2. The van der Waals surface area contributed by atoms with Crippen LogP contribution in [-0.4, -0.2) is 47.0 Å². The van der Waals surface area contributed by atoms with Crippen LogP contribution in [0.4, 0.5) is 10.6 Å². The second-order valence-corrected chi connectivity index (χ2v) is 6.18. The van der Waals surface area contributed by atoms with Gasteiger partial charge in [0, 0.05) is 38.4 Å². The number of pyridine rings is 1. The van der Waals surface area contributed by atoms with E-state index >= 15 is 0 Å². The van der Waals surface area contributed by atoms with Gasteiger partial charge >= 0.3 is 6.03 Å². The summed E-state index contributed by atoms with van der Waals surface area (Å²) in [6.07, 6.45) is 1.68. The highest BCUT2D eigenvalue weighted by molar-refractivity contribution is 7.07. The van der Waals surface area contributed by atoms with Crippen LogP contribution in [0.25, 0.3) is 0 Å². The average Bonchev–Trinajstić information content (AvgIpc) is 3.10. The van der Waals surface area contributed by atoms with Gasteiger partial charge < -0.3 is 4.90 Å². The third kappa shape index (κ3) is 3.45. The van der Waals surface area contributed by atoms with Crippen LogP contribution in [0.1, 0.15) is 18.5 Å². The van der Waals surface area contributed by atoms with Crippen molar-refractivity contribution in [2.24, 2.45) is 0 Å². The highest BCUT2D eigenvalue weighted by atomic mass is 32.1. The van der Waals surface area contributed by atoms with Crippen molar-refractivity contribution < 1.29 is 4.79 Å². The summed E-state index contributed by atoms with van der Waals surface area (Å²) in [4.78, 5) is 20.6. The number of hydrogen-bond donors (Lipinski definition) is 1. The van der Waals surface area contributed by atoms with E-state index in [2.05, 4.69) is 39.0 Å². The number of anilines is 1. The molecule has 3 heterocycles. The van der Waals surface area contributed by atoms with E-state index in [0.29, 0.717) is 11.9 Å². The largest absolute Gasteiger partial charge is 0.323 e. The van der Waals surface area contributed by atoms with Crippen LogP contribution in [0.3, 0.4) is 0 Å². The molecule has 1 aliphatic rings. The Bertz CT molecular complexity index is 594. The monoisotopic (exact) mass is 316 g/mol. The third-order valence-electron chi connectivity index (χ3n) is 4.07. The molecule has 3 rings (SSSR count). The molecule has 1 N–H and O–H groups in total. The van der Waals surface area contributed by atoms with E-state index in [1.165, 1.54) is 5.56 Å². The van der Waals surface area contributed by atoms with Gasteiger partial charge in [-0.05, 0) is 41.4 Å². The SMILES string of the molecule is C[C@H](c1ccsc1)N1CCN(C(=O)Nc2ccccn2)CC1. The first kappa shape index (κ1) is 15.0. The fourth-order valence-corrected chi connectivity index (χ4v) is 3.41. The molecule has 2 aromatic heterocycles. The molecule has 5 nitrogen and oxygen atoms in total. The van der Waals surface area contributed by atoms with Gasteiger partial charge in [-0.25, -0.2) is 9.78 Å². The van der Waals surface area contributed by atoms with Crippen LogP contribution in [0.5, 0.6) is 0 Å². The smallest absolute Gasteiger partial charge is 0.322 e. The van der Waals surface area contributed by atoms with Gasteiger partial charge in [0.25, 0.3) is 0 Å². The Kier molecular flexibility index (Phi) is 4.70. The van der Waals surface area contributed by atoms with Crippen LogP contribution in [-0.2, 0) is 0 Å². The van der Waals surface area contributed by atoms with Gasteiger partial charge in [0.15, 0.2) is 0 Å². The van der Waals surface area contributed by atoms with Crippen molar-refractivity contribution in [1.82, 2.24) is 14.8 Å². The Labute approximate surface area is 134 Å². The molecular weight excluding hydrogens is 296 g/mol. The number of thiophene rings is 1. The molecule has 6 heteroatoms. The zero-order valence-corrected chi connectivity index (χ0v) is 13.4. The van der Waals surface area contributed by atoms with Gasteiger partial charge in [-0.2, -0.15) is 11.3 Å². The lowest BCUT2D eigenvalue weighted by molar-refractivity contribution is 0.119. The standard InChI is InChI=1S/C16H20N4OS/c1-13(14-5-11-22-12-14)19-7-9-20(10-8-19)16(21)18-15-4-2-3-6-17-15/h2-6,11-13H,7-10H2,1H3,(H,17,18,21)/t13-/m1/s1. The molecule has 0 spiro atoms. The summed E-state index contributed by atoms with van der Waals surface area (Å²) >= 11 is 1.73. The normalized spacial score (nSPS) is 17.2. The Hall–Kier alpha value is -1.92. The molecule has 0 aromatic carbocycles. The highest BCUT2D eigenvalue weighted by Gasteiger charge is 2.24. The second-order valence-electron chi connectivity index (χ2n) is 5.40. The molecule has 1 aliphatic heterocycles. The van der Waals surface area contributed by atoms with Crippen LogP contribution < -0.4 is 5.32 Å². The van der Waals surface area contributed by atoms with Crippen LogP contribution in [0.15, 0.2) is 41.2 Å². The van der Waals surface area contributed by atoms with Crippen molar-refractivity contribution >= 4 is 23.2 Å². The van der Waals surface area contributed by atoms with E-state index in [1.807, 2.05) is 17.0 Å². The molecule has 116 valence electrons. The lowest BCUT2D eigenvalue weighted by Gasteiger charge is -2.37.